The molecule has 0 saturated carbocycles. The van der Waals surface area contributed by atoms with Crippen LogP contribution in [0.25, 0.3) is 0 Å². The monoisotopic (exact) mass is 199 g/mol. The van der Waals surface area contributed by atoms with Gasteiger partial charge in [-0.3, -0.25) is 9.59 Å². The number of carbonyl (C=O) groups is 2. The molecular formula is C10H17NO3. The van der Waals surface area contributed by atoms with Gasteiger partial charge in [0.05, 0.1) is 6.61 Å². The standard InChI is InChI=1S/C10H17NO3/c1-3-14-10(13)6-8-4-7(2)11-9(12)5-8/h7-8H,3-6H2,1-2H3,(H,11,12). The number of esters is 1. The van der Waals surface area contributed by atoms with Crippen molar-refractivity contribution in [2.45, 2.75) is 39.2 Å². The lowest BCUT2D eigenvalue weighted by molar-refractivity contribution is -0.144. The average molecular weight is 199 g/mol. The Balaban J connectivity index is 2.36. The van der Waals surface area contributed by atoms with E-state index in [-0.39, 0.29) is 23.8 Å². The zero-order valence-corrected chi connectivity index (χ0v) is 8.71. The Kier molecular flexibility index (Phi) is 3.92. The van der Waals surface area contributed by atoms with Gasteiger partial charge in [0.1, 0.15) is 0 Å². The van der Waals surface area contributed by atoms with E-state index in [9.17, 15) is 9.59 Å². The maximum absolute atomic E-state index is 11.2. The average Bonchev–Trinajstić information content (AvgIpc) is 2.01. The molecule has 4 heteroatoms. The third-order valence-electron chi connectivity index (χ3n) is 2.33. The van der Waals surface area contributed by atoms with Crippen LogP contribution >= 0.6 is 0 Å². The molecule has 0 radical (unpaired) electrons. The van der Waals surface area contributed by atoms with Crippen LogP contribution in [-0.2, 0) is 14.3 Å². The Morgan fingerprint density at radius 1 is 1.64 bits per heavy atom. The lowest BCUT2D eigenvalue weighted by Crippen LogP contribution is -2.41. The van der Waals surface area contributed by atoms with Crippen LogP contribution in [0.3, 0.4) is 0 Å². The first-order chi connectivity index (χ1) is 6.61. The van der Waals surface area contributed by atoms with Crippen molar-refractivity contribution in [1.82, 2.24) is 5.32 Å². The van der Waals surface area contributed by atoms with Gasteiger partial charge >= 0.3 is 5.97 Å². The normalized spacial score (nSPS) is 26.9. The molecule has 0 aliphatic carbocycles. The summed E-state index contributed by atoms with van der Waals surface area (Å²) in [5.74, 6) is -0.00440. The van der Waals surface area contributed by atoms with Crippen LogP contribution in [-0.4, -0.2) is 24.5 Å². The lowest BCUT2D eigenvalue weighted by Gasteiger charge is -2.26. The van der Waals surface area contributed by atoms with Gasteiger partial charge in [0.25, 0.3) is 0 Å². The Bertz CT molecular complexity index is 227. The Morgan fingerprint density at radius 3 is 2.93 bits per heavy atom. The fourth-order valence-electron chi connectivity index (χ4n) is 1.85. The van der Waals surface area contributed by atoms with E-state index in [1.807, 2.05) is 6.92 Å². The smallest absolute Gasteiger partial charge is 0.306 e. The fraction of sp³-hybridized carbons (Fsp3) is 0.800. The van der Waals surface area contributed by atoms with E-state index >= 15 is 0 Å². The maximum Gasteiger partial charge on any atom is 0.306 e. The molecule has 0 aromatic rings. The number of hydrogen-bond donors (Lipinski definition) is 1. The van der Waals surface area contributed by atoms with Crippen LogP contribution in [0, 0.1) is 5.92 Å². The largest absolute Gasteiger partial charge is 0.466 e. The summed E-state index contributed by atoms with van der Waals surface area (Å²) in [5.41, 5.74) is 0. The molecule has 1 aliphatic rings. The van der Waals surface area contributed by atoms with Gasteiger partial charge in [-0.2, -0.15) is 0 Å². The molecule has 80 valence electrons. The van der Waals surface area contributed by atoms with Gasteiger partial charge in [-0.1, -0.05) is 0 Å². The first-order valence-corrected chi connectivity index (χ1v) is 5.06. The number of carbonyl (C=O) groups excluding carboxylic acids is 2. The molecule has 2 atom stereocenters. The molecule has 0 aromatic heterocycles. The first-order valence-electron chi connectivity index (χ1n) is 5.06. The minimum atomic E-state index is -0.195. The highest BCUT2D eigenvalue weighted by atomic mass is 16.5. The summed E-state index contributed by atoms with van der Waals surface area (Å²) in [7, 11) is 0. The van der Waals surface area contributed by atoms with Gasteiger partial charge in [0, 0.05) is 18.9 Å². The van der Waals surface area contributed by atoms with E-state index in [1.165, 1.54) is 0 Å². The minimum Gasteiger partial charge on any atom is -0.466 e. The highest BCUT2D eigenvalue weighted by Crippen LogP contribution is 2.20. The zero-order valence-electron chi connectivity index (χ0n) is 8.71. The van der Waals surface area contributed by atoms with E-state index in [4.69, 9.17) is 4.74 Å². The quantitative estimate of drug-likeness (QED) is 0.686. The Hall–Kier alpha value is -1.06. The van der Waals surface area contributed by atoms with Crippen LogP contribution < -0.4 is 5.32 Å². The van der Waals surface area contributed by atoms with Crippen LogP contribution in [0.15, 0.2) is 0 Å². The third kappa shape index (κ3) is 3.36. The molecule has 1 aliphatic heterocycles. The molecule has 2 unspecified atom stereocenters. The predicted octanol–water partition coefficient (Wildman–Crippen LogP) is 0.854. The summed E-state index contributed by atoms with van der Waals surface area (Å²) in [6, 6.07) is 0.177. The van der Waals surface area contributed by atoms with E-state index in [0.29, 0.717) is 19.4 Å². The van der Waals surface area contributed by atoms with Crippen LogP contribution in [0.1, 0.15) is 33.1 Å². The van der Waals surface area contributed by atoms with E-state index < -0.39 is 0 Å². The second kappa shape index (κ2) is 4.98. The summed E-state index contributed by atoms with van der Waals surface area (Å²) in [4.78, 5) is 22.3. The van der Waals surface area contributed by atoms with Crippen LogP contribution in [0.4, 0.5) is 0 Å². The number of hydrogen-bond acceptors (Lipinski definition) is 3. The number of ether oxygens (including phenoxy) is 1. The number of nitrogens with one attached hydrogen (secondary N) is 1. The summed E-state index contributed by atoms with van der Waals surface area (Å²) >= 11 is 0. The van der Waals surface area contributed by atoms with Gasteiger partial charge in [-0.05, 0) is 26.2 Å². The summed E-state index contributed by atoms with van der Waals surface area (Å²) < 4.78 is 4.84. The second-order valence-corrected chi connectivity index (χ2v) is 3.78. The molecule has 0 bridgehead atoms. The van der Waals surface area contributed by atoms with Crippen molar-refractivity contribution in [1.29, 1.82) is 0 Å². The van der Waals surface area contributed by atoms with E-state index in [2.05, 4.69) is 5.32 Å². The lowest BCUT2D eigenvalue weighted by atomic mass is 9.90. The van der Waals surface area contributed by atoms with Crippen molar-refractivity contribution >= 4 is 11.9 Å². The van der Waals surface area contributed by atoms with Crippen molar-refractivity contribution < 1.29 is 14.3 Å². The summed E-state index contributed by atoms with van der Waals surface area (Å²) in [6.07, 6.45) is 1.68. The van der Waals surface area contributed by atoms with E-state index in [1.54, 1.807) is 6.92 Å². The van der Waals surface area contributed by atoms with Gasteiger partial charge in [-0.25, -0.2) is 0 Å². The second-order valence-electron chi connectivity index (χ2n) is 3.78. The summed E-state index contributed by atoms with van der Waals surface area (Å²) in [6.45, 7) is 4.15. The number of rotatable bonds is 3. The predicted molar refractivity (Wildman–Crippen MR) is 51.6 cm³/mol. The molecule has 1 amide bonds. The third-order valence-corrected chi connectivity index (χ3v) is 2.33. The number of amides is 1. The first kappa shape index (κ1) is 11.0. The maximum atomic E-state index is 11.2. The molecular weight excluding hydrogens is 182 g/mol. The SMILES string of the molecule is CCOC(=O)CC1CC(=O)NC(C)C1. The minimum absolute atomic E-state index is 0.0399. The Labute approximate surface area is 84.0 Å². The van der Waals surface area contributed by atoms with Crippen molar-refractivity contribution in [2.75, 3.05) is 6.61 Å². The molecule has 1 N–H and O–H groups in total. The van der Waals surface area contributed by atoms with Crippen LogP contribution in [0.2, 0.25) is 0 Å². The molecule has 1 heterocycles. The van der Waals surface area contributed by atoms with Crippen molar-refractivity contribution in [2.24, 2.45) is 5.92 Å². The highest BCUT2D eigenvalue weighted by Gasteiger charge is 2.25. The van der Waals surface area contributed by atoms with Gasteiger partial charge < -0.3 is 10.1 Å². The molecule has 4 nitrogen and oxygen atoms in total. The summed E-state index contributed by atoms with van der Waals surface area (Å²) in [5, 5.41) is 2.82. The Morgan fingerprint density at radius 2 is 2.36 bits per heavy atom. The molecule has 0 aromatic carbocycles. The van der Waals surface area contributed by atoms with Crippen molar-refractivity contribution in [3.8, 4) is 0 Å². The number of piperidine rings is 1. The fourth-order valence-corrected chi connectivity index (χ4v) is 1.85. The molecule has 1 saturated heterocycles. The van der Waals surface area contributed by atoms with Crippen LogP contribution in [0.5, 0.6) is 0 Å². The van der Waals surface area contributed by atoms with Gasteiger partial charge in [0.15, 0.2) is 0 Å². The van der Waals surface area contributed by atoms with Gasteiger partial charge in [-0.15, -0.1) is 0 Å². The zero-order chi connectivity index (χ0) is 10.6. The topological polar surface area (TPSA) is 55.4 Å². The molecule has 0 spiro atoms. The molecule has 1 fully saturated rings. The van der Waals surface area contributed by atoms with Crippen molar-refractivity contribution in [3.05, 3.63) is 0 Å². The van der Waals surface area contributed by atoms with Crippen molar-refractivity contribution in [3.63, 3.8) is 0 Å². The molecule has 14 heavy (non-hydrogen) atoms. The van der Waals surface area contributed by atoms with Gasteiger partial charge in [0.2, 0.25) is 5.91 Å². The van der Waals surface area contributed by atoms with E-state index in [0.717, 1.165) is 6.42 Å². The molecule has 1 rings (SSSR count). The highest BCUT2D eigenvalue weighted by molar-refractivity contribution is 5.78.